The Morgan fingerprint density at radius 2 is 1.56 bits per heavy atom. The molecular formula is C14H26O2. The van der Waals surface area contributed by atoms with E-state index in [0.717, 1.165) is 12.8 Å². The zero-order chi connectivity index (χ0) is 13.0. The summed E-state index contributed by atoms with van der Waals surface area (Å²) in [6.45, 7) is 11.7. The normalized spacial score (nSPS) is 17.6. The lowest BCUT2D eigenvalue weighted by Gasteiger charge is -2.41. The standard InChI is InChI=1S/C14H26O2/c1-7-12(8-2)14(16,13(4,5)6)10-9-11(3)15/h11-12,15-16H,7-8H2,1-6H3. The van der Waals surface area contributed by atoms with E-state index in [2.05, 4.69) is 25.7 Å². The van der Waals surface area contributed by atoms with E-state index in [9.17, 15) is 10.2 Å². The van der Waals surface area contributed by atoms with E-state index in [0.29, 0.717) is 0 Å². The third-order valence-corrected chi connectivity index (χ3v) is 3.19. The Morgan fingerprint density at radius 3 is 1.81 bits per heavy atom. The molecule has 0 aromatic heterocycles. The average molecular weight is 226 g/mol. The molecule has 2 atom stereocenters. The van der Waals surface area contributed by atoms with Crippen LogP contribution in [0.5, 0.6) is 0 Å². The van der Waals surface area contributed by atoms with Crippen molar-refractivity contribution in [3.8, 4) is 11.8 Å². The van der Waals surface area contributed by atoms with Crippen molar-refractivity contribution in [3.05, 3.63) is 0 Å². The quantitative estimate of drug-likeness (QED) is 0.726. The molecule has 2 unspecified atom stereocenters. The van der Waals surface area contributed by atoms with Crippen LogP contribution in [0.3, 0.4) is 0 Å². The minimum Gasteiger partial charge on any atom is -0.381 e. The second kappa shape index (κ2) is 5.70. The first-order valence-corrected chi connectivity index (χ1v) is 6.12. The Balaban J connectivity index is 5.30. The second-order valence-electron chi connectivity index (χ2n) is 5.48. The summed E-state index contributed by atoms with van der Waals surface area (Å²) in [5.41, 5.74) is -1.35. The van der Waals surface area contributed by atoms with Gasteiger partial charge in [0.05, 0.1) is 0 Å². The number of aliphatic hydroxyl groups is 2. The third kappa shape index (κ3) is 3.50. The SMILES string of the molecule is CCC(CC)C(O)(C#CC(C)O)C(C)(C)C. The van der Waals surface area contributed by atoms with Gasteiger partial charge in [0, 0.05) is 5.41 Å². The van der Waals surface area contributed by atoms with Gasteiger partial charge < -0.3 is 10.2 Å². The Morgan fingerprint density at radius 1 is 1.12 bits per heavy atom. The molecule has 0 aromatic rings. The van der Waals surface area contributed by atoms with Crippen molar-refractivity contribution >= 4 is 0 Å². The van der Waals surface area contributed by atoms with Crippen molar-refractivity contribution in [3.63, 3.8) is 0 Å². The first-order valence-electron chi connectivity index (χ1n) is 6.12. The Bertz CT molecular complexity index is 261. The van der Waals surface area contributed by atoms with Crippen molar-refractivity contribution < 1.29 is 10.2 Å². The van der Waals surface area contributed by atoms with Gasteiger partial charge in [0.25, 0.3) is 0 Å². The predicted molar refractivity (Wildman–Crippen MR) is 67.9 cm³/mol. The average Bonchev–Trinajstić information content (AvgIpc) is 2.14. The van der Waals surface area contributed by atoms with Crippen LogP contribution in [-0.2, 0) is 0 Å². The summed E-state index contributed by atoms with van der Waals surface area (Å²) < 4.78 is 0. The minimum atomic E-state index is -1.03. The highest BCUT2D eigenvalue weighted by Crippen LogP contribution is 2.39. The van der Waals surface area contributed by atoms with Crippen LogP contribution < -0.4 is 0 Å². The van der Waals surface area contributed by atoms with Gasteiger partial charge in [0.1, 0.15) is 11.7 Å². The lowest BCUT2D eigenvalue weighted by molar-refractivity contribution is -0.0570. The van der Waals surface area contributed by atoms with Gasteiger partial charge in [-0.15, -0.1) is 0 Å². The highest BCUT2D eigenvalue weighted by Gasteiger charge is 2.43. The van der Waals surface area contributed by atoms with Crippen LogP contribution in [0.2, 0.25) is 0 Å². The number of hydrogen-bond acceptors (Lipinski definition) is 2. The van der Waals surface area contributed by atoms with Crippen LogP contribution in [0.15, 0.2) is 0 Å². The van der Waals surface area contributed by atoms with Gasteiger partial charge in [0.15, 0.2) is 0 Å². The molecule has 0 aliphatic carbocycles. The first kappa shape index (κ1) is 15.5. The molecule has 2 nitrogen and oxygen atoms in total. The monoisotopic (exact) mass is 226 g/mol. The molecule has 0 aliphatic rings. The van der Waals surface area contributed by atoms with Crippen molar-refractivity contribution in [1.82, 2.24) is 0 Å². The van der Waals surface area contributed by atoms with E-state index in [1.54, 1.807) is 6.92 Å². The molecule has 0 heterocycles. The summed E-state index contributed by atoms with van der Waals surface area (Å²) in [6, 6.07) is 0. The summed E-state index contributed by atoms with van der Waals surface area (Å²) in [4.78, 5) is 0. The van der Waals surface area contributed by atoms with E-state index in [4.69, 9.17) is 0 Å². The largest absolute Gasteiger partial charge is 0.381 e. The van der Waals surface area contributed by atoms with Gasteiger partial charge in [-0.2, -0.15) is 0 Å². The smallest absolute Gasteiger partial charge is 0.133 e. The van der Waals surface area contributed by atoms with E-state index < -0.39 is 11.7 Å². The lowest BCUT2D eigenvalue weighted by atomic mass is 9.67. The van der Waals surface area contributed by atoms with E-state index in [1.807, 2.05) is 20.8 Å². The maximum Gasteiger partial charge on any atom is 0.133 e. The maximum absolute atomic E-state index is 10.8. The Labute approximate surface area is 100 Å². The molecule has 0 aliphatic heterocycles. The van der Waals surface area contributed by atoms with Gasteiger partial charge >= 0.3 is 0 Å². The van der Waals surface area contributed by atoms with E-state index in [-0.39, 0.29) is 11.3 Å². The number of aliphatic hydroxyl groups excluding tert-OH is 1. The second-order valence-corrected chi connectivity index (χ2v) is 5.48. The zero-order valence-electron chi connectivity index (χ0n) is 11.5. The molecule has 0 bridgehead atoms. The molecule has 94 valence electrons. The van der Waals surface area contributed by atoms with Crippen molar-refractivity contribution in [1.29, 1.82) is 0 Å². The van der Waals surface area contributed by atoms with E-state index in [1.165, 1.54) is 0 Å². The van der Waals surface area contributed by atoms with Crippen LogP contribution in [0, 0.1) is 23.2 Å². The topological polar surface area (TPSA) is 40.5 Å². The van der Waals surface area contributed by atoms with Gasteiger partial charge in [-0.1, -0.05) is 46.5 Å². The van der Waals surface area contributed by atoms with Crippen LogP contribution in [-0.4, -0.2) is 21.9 Å². The van der Waals surface area contributed by atoms with Crippen LogP contribution >= 0.6 is 0 Å². The molecule has 0 fully saturated rings. The molecular weight excluding hydrogens is 200 g/mol. The van der Waals surface area contributed by atoms with Crippen molar-refractivity contribution in [2.24, 2.45) is 11.3 Å². The van der Waals surface area contributed by atoms with E-state index >= 15 is 0 Å². The molecule has 16 heavy (non-hydrogen) atoms. The van der Waals surface area contributed by atoms with Crippen LogP contribution in [0.4, 0.5) is 0 Å². The highest BCUT2D eigenvalue weighted by atomic mass is 16.3. The fourth-order valence-electron chi connectivity index (χ4n) is 2.00. The summed E-state index contributed by atoms with van der Waals surface area (Å²) in [7, 11) is 0. The Hall–Kier alpha value is -0.520. The summed E-state index contributed by atoms with van der Waals surface area (Å²) in [6.07, 6.45) is 1.08. The number of rotatable bonds is 3. The molecule has 2 heteroatoms. The molecule has 2 N–H and O–H groups in total. The van der Waals surface area contributed by atoms with Gasteiger partial charge in [-0.3, -0.25) is 0 Å². The molecule has 0 radical (unpaired) electrons. The van der Waals surface area contributed by atoms with Crippen molar-refractivity contribution in [2.45, 2.75) is 66.1 Å². The van der Waals surface area contributed by atoms with Gasteiger partial charge in [0.2, 0.25) is 0 Å². The van der Waals surface area contributed by atoms with Crippen LogP contribution in [0.25, 0.3) is 0 Å². The maximum atomic E-state index is 10.8. The Kier molecular flexibility index (Phi) is 5.52. The fraction of sp³-hybridized carbons (Fsp3) is 0.857. The highest BCUT2D eigenvalue weighted by molar-refractivity contribution is 5.21. The minimum absolute atomic E-state index is 0.138. The van der Waals surface area contributed by atoms with Gasteiger partial charge in [-0.05, 0) is 25.7 Å². The lowest BCUT2D eigenvalue weighted by Crippen LogP contribution is -2.48. The summed E-state index contributed by atoms with van der Waals surface area (Å²) >= 11 is 0. The van der Waals surface area contributed by atoms with Crippen LogP contribution in [0.1, 0.15) is 54.4 Å². The molecule has 0 aromatic carbocycles. The molecule has 0 saturated carbocycles. The molecule has 0 spiro atoms. The molecule has 0 saturated heterocycles. The molecule has 0 amide bonds. The van der Waals surface area contributed by atoms with Gasteiger partial charge in [-0.25, -0.2) is 0 Å². The summed E-state index contributed by atoms with van der Waals surface area (Å²) in [5, 5.41) is 20.0. The predicted octanol–water partition coefficient (Wildman–Crippen LogP) is 2.58. The number of hydrogen-bond donors (Lipinski definition) is 2. The first-order chi connectivity index (χ1) is 7.19. The fourth-order valence-corrected chi connectivity index (χ4v) is 2.00. The zero-order valence-corrected chi connectivity index (χ0v) is 11.5. The summed E-state index contributed by atoms with van der Waals surface area (Å²) in [5.74, 6) is 5.73. The third-order valence-electron chi connectivity index (χ3n) is 3.19. The van der Waals surface area contributed by atoms with Crippen molar-refractivity contribution in [2.75, 3.05) is 0 Å². The molecule has 0 rings (SSSR count).